The van der Waals surface area contributed by atoms with Crippen molar-refractivity contribution in [3.05, 3.63) is 23.0 Å². The molecule has 2 aliphatic carbocycles. The molecule has 1 unspecified atom stereocenters. The number of hydrogen-bond donors (Lipinski definition) is 0. The molecule has 0 aromatic rings. The second-order valence-electron chi connectivity index (χ2n) is 4.82. The van der Waals surface area contributed by atoms with Crippen LogP contribution in [0.4, 0.5) is 0 Å². The van der Waals surface area contributed by atoms with Gasteiger partial charge in [-0.05, 0) is 45.9 Å². The van der Waals surface area contributed by atoms with Crippen molar-refractivity contribution in [1.29, 1.82) is 0 Å². The summed E-state index contributed by atoms with van der Waals surface area (Å²) >= 11 is 0. The predicted octanol–water partition coefficient (Wildman–Crippen LogP) is 2.72. The van der Waals surface area contributed by atoms with E-state index in [9.17, 15) is 0 Å². The molecule has 0 radical (unpaired) electrons. The number of nitrogens with zero attached hydrogens (tertiary/aromatic N) is 1. The lowest BCUT2D eigenvalue weighted by molar-refractivity contribution is 0.250. The molecule has 1 atom stereocenters. The summed E-state index contributed by atoms with van der Waals surface area (Å²) in [6.07, 6.45) is 8.26. The van der Waals surface area contributed by atoms with Crippen molar-refractivity contribution >= 4 is 0 Å². The van der Waals surface area contributed by atoms with Crippen LogP contribution < -0.4 is 0 Å². The molecule has 0 aromatic carbocycles. The summed E-state index contributed by atoms with van der Waals surface area (Å²) in [7, 11) is 6.15. The van der Waals surface area contributed by atoms with Gasteiger partial charge in [0.1, 0.15) is 0 Å². The van der Waals surface area contributed by atoms with E-state index in [0.29, 0.717) is 0 Å². The number of hydrogen-bond acceptors (Lipinski definition) is 2. The fourth-order valence-electron chi connectivity index (χ4n) is 2.61. The maximum atomic E-state index is 5.35. The van der Waals surface area contributed by atoms with E-state index in [-0.39, 0.29) is 0 Å². The van der Waals surface area contributed by atoms with Crippen LogP contribution >= 0.6 is 0 Å². The van der Waals surface area contributed by atoms with Crippen LogP contribution in [-0.4, -0.2) is 32.1 Å². The van der Waals surface area contributed by atoms with Gasteiger partial charge in [-0.25, -0.2) is 0 Å². The molecular weight excluding hydrogens is 186 g/mol. The first-order valence-corrected chi connectivity index (χ1v) is 5.80. The lowest BCUT2D eigenvalue weighted by Crippen LogP contribution is -2.31. The molecule has 0 aliphatic heterocycles. The van der Waals surface area contributed by atoms with Gasteiger partial charge < -0.3 is 9.64 Å². The van der Waals surface area contributed by atoms with Crippen molar-refractivity contribution in [2.45, 2.75) is 38.1 Å². The molecule has 0 amide bonds. The topological polar surface area (TPSA) is 12.5 Å². The fraction of sp³-hybridized carbons (Fsp3) is 0.692. The van der Waals surface area contributed by atoms with Crippen molar-refractivity contribution in [3.8, 4) is 0 Å². The number of allylic oxidation sites excluding steroid dienone is 3. The minimum absolute atomic E-state index is 0.736. The molecule has 2 aliphatic rings. The molecular formula is C13H21NO. The summed E-state index contributed by atoms with van der Waals surface area (Å²) in [5.41, 5.74) is 3.31. The molecule has 0 spiro atoms. The van der Waals surface area contributed by atoms with E-state index in [4.69, 9.17) is 4.74 Å². The fourth-order valence-corrected chi connectivity index (χ4v) is 2.61. The largest absolute Gasteiger partial charge is 0.501 e. The molecule has 2 heteroatoms. The lowest BCUT2D eigenvalue weighted by Gasteiger charge is -2.33. The van der Waals surface area contributed by atoms with Crippen LogP contribution in [0.15, 0.2) is 23.0 Å². The molecule has 0 aromatic heterocycles. The van der Waals surface area contributed by atoms with Crippen molar-refractivity contribution in [2.75, 3.05) is 21.2 Å². The van der Waals surface area contributed by atoms with Crippen molar-refractivity contribution in [1.82, 2.24) is 4.90 Å². The van der Waals surface area contributed by atoms with Crippen LogP contribution in [0.25, 0.3) is 0 Å². The van der Waals surface area contributed by atoms with Crippen molar-refractivity contribution in [2.24, 2.45) is 0 Å². The third kappa shape index (κ3) is 2.25. The summed E-state index contributed by atoms with van der Waals surface area (Å²) in [5.74, 6) is 1.16. The summed E-state index contributed by atoms with van der Waals surface area (Å²) in [4.78, 5) is 2.36. The molecule has 15 heavy (non-hydrogen) atoms. The Kier molecular flexibility index (Phi) is 3.15. The standard InChI is InChI=1S/C13H21NO/c1-14(2)12-6-4-10-5-7-13(15-3)9-11(10)8-12/h7,12H,4-6,8-9H2,1-3H3. The highest BCUT2D eigenvalue weighted by atomic mass is 16.5. The minimum atomic E-state index is 0.736. The van der Waals surface area contributed by atoms with Gasteiger partial charge >= 0.3 is 0 Å². The van der Waals surface area contributed by atoms with Gasteiger partial charge in [0.05, 0.1) is 12.9 Å². The first-order chi connectivity index (χ1) is 7.20. The van der Waals surface area contributed by atoms with Gasteiger partial charge in [-0.15, -0.1) is 0 Å². The number of methoxy groups -OCH3 is 1. The highest BCUT2D eigenvalue weighted by molar-refractivity contribution is 5.29. The van der Waals surface area contributed by atoms with E-state index >= 15 is 0 Å². The van der Waals surface area contributed by atoms with E-state index in [1.165, 1.54) is 19.3 Å². The number of ether oxygens (including phenoxy) is 1. The lowest BCUT2D eigenvalue weighted by atomic mass is 9.82. The van der Waals surface area contributed by atoms with Gasteiger partial charge in [-0.2, -0.15) is 0 Å². The Bertz CT molecular complexity index is 302. The Hall–Kier alpha value is -0.760. The summed E-state index contributed by atoms with van der Waals surface area (Å²) in [6, 6.07) is 0.736. The third-order valence-corrected chi connectivity index (χ3v) is 3.72. The second kappa shape index (κ2) is 4.40. The van der Waals surface area contributed by atoms with Crippen molar-refractivity contribution in [3.63, 3.8) is 0 Å². The first-order valence-electron chi connectivity index (χ1n) is 5.80. The highest BCUT2D eigenvalue weighted by Gasteiger charge is 2.24. The SMILES string of the molecule is COC1=CCC2=C(C1)CC(N(C)C)CC2. The quantitative estimate of drug-likeness (QED) is 0.646. The maximum absolute atomic E-state index is 5.35. The van der Waals surface area contributed by atoms with Crippen LogP contribution in [0.1, 0.15) is 32.1 Å². The molecule has 2 rings (SSSR count). The van der Waals surface area contributed by atoms with Crippen LogP contribution in [0.3, 0.4) is 0 Å². The zero-order valence-corrected chi connectivity index (χ0v) is 10.0. The molecule has 2 nitrogen and oxygen atoms in total. The van der Waals surface area contributed by atoms with Crippen LogP contribution in [0.2, 0.25) is 0 Å². The van der Waals surface area contributed by atoms with E-state index in [2.05, 4.69) is 25.1 Å². The minimum Gasteiger partial charge on any atom is -0.501 e. The molecule has 0 saturated heterocycles. The monoisotopic (exact) mass is 207 g/mol. The predicted molar refractivity (Wildman–Crippen MR) is 62.7 cm³/mol. The van der Waals surface area contributed by atoms with E-state index in [0.717, 1.165) is 24.6 Å². The zero-order valence-electron chi connectivity index (χ0n) is 10.0. The maximum Gasteiger partial charge on any atom is 0.0959 e. The van der Waals surface area contributed by atoms with Gasteiger partial charge in [0.25, 0.3) is 0 Å². The summed E-state index contributed by atoms with van der Waals surface area (Å²) in [5, 5.41) is 0. The van der Waals surface area contributed by atoms with Crippen molar-refractivity contribution < 1.29 is 4.74 Å². The third-order valence-electron chi connectivity index (χ3n) is 3.72. The molecule has 0 heterocycles. The first kappa shape index (κ1) is 10.7. The van der Waals surface area contributed by atoms with Gasteiger partial charge in [-0.1, -0.05) is 11.1 Å². The average molecular weight is 207 g/mol. The molecule has 0 N–H and O–H groups in total. The van der Waals surface area contributed by atoms with Gasteiger partial charge in [0, 0.05) is 12.5 Å². The van der Waals surface area contributed by atoms with E-state index < -0.39 is 0 Å². The normalized spacial score (nSPS) is 26.4. The Morgan fingerprint density at radius 2 is 2.13 bits per heavy atom. The van der Waals surface area contributed by atoms with E-state index in [1.54, 1.807) is 18.3 Å². The zero-order chi connectivity index (χ0) is 10.8. The molecule has 0 fully saturated rings. The Morgan fingerprint density at radius 1 is 1.33 bits per heavy atom. The van der Waals surface area contributed by atoms with Crippen LogP contribution in [0.5, 0.6) is 0 Å². The summed E-state index contributed by atoms with van der Waals surface area (Å²) < 4.78 is 5.35. The second-order valence-corrected chi connectivity index (χ2v) is 4.82. The van der Waals surface area contributed by atoms with Crippen LogP contribution in [-0.2, 0) is 4.74 Å². The van der Waals surface area contributed by atoms with E-state index in [1.807, 2.05) is 0 Å². The Morgan fingerprint density at radius 3 is 2.80 bits per heavy atom. The Balaban J connectivity index is 2.05. The smallest absolute Gasteiger partial charge is 0.0959 e. The average Bonchev–Trinajstić information content (AvgIpc) is 2.27. The molecule has 84 valence electrons. The highest BCUT2D eigenvalue weighted by Crippen LogP contribution is 2.36. The number of rotatable bonds is 2. The summed E-state index contributed by atoms with van der Waals surface area (Å²) in [6.45, 7) is 0. The molecule has 0 saturated carbocycles. The molecule has 0 bridgehead atoms. The van der Waals surface area contributed by atoms with Gasteiger partial charge in [0.2, 0.25) is 0 Å². The van der Waals surface area contributed by atoms with Crippen LogP contribution in [0, 0.1) is 0 Å². The van der Waals surface area contributed by atoms with Gasteiger partial charge in [-0.3, -0.25) is 0 Å². The van der Waals surface area contributed by atoms with Gasteiger partial charge in [0.15, 0.2) is 0 Å². The Labute approximate surface area is 92.6 Å².